The number of benzene rings is 1. The summed E-state index contributed by atoms with van der Waals surface area (Å²) in [6.45, 7) is 2.15. The smallest absolute Gasteiger partial charge is 0.338 e. The normalized spacial score (nSPS) is 28.2. The molecule has 0 unspecified atom stereocenters. The highest BCUT2D eigenvalue weighted by molar-refractivity contribution is 5.94. The van der Waals surface area contributed by atoms with Crippen LogP contribution in [0.15, 0.2) is 24.3 Å². The van der Waals surface area contributed by atoms with Gasteiger partial charge >= 0.3 is 11.9 Å². The molecule has 0 radical (unpaired) electrons. The summed E-state index contributed by atoms with van der Waals surface area (Å²) in [4.78, 5) is 36.6. The molecular weight excluding hydrogens is 394 g/mol. The van der Waals surface area contributed by atoms with Crippen LogP contribution in [0, 0.1) is 23.2 Å². The Hall–Kier alpha value is -2.37. The van der Waals surface area contributed by atoms with Crippen molar-refractivity contribution >= 4 is 23.5 Å². The van der Waals surface area contributed by atoms with E-state index in [1.807, 2.05) is 6.92 Å². The zero-order chi connectivity index (χ0) is 21.8. The van der Waals surface area contributed by atoms with Crippen molar-refractivity contribution in [1.29, 1.82) is 0 Å². The van der Waals surface area contributed by atoms with Crippen molar-refractivity contribution in [2.45, 2.75) is 64.7 Å². The third-order valence-corrected chi connectivity index (χ3v) is 7.18. The minimum atomic E-state index is -0.378. The number of nitrogens with one attached hydrogen (secondary N) is 1. The van der Waals surface area contributed by atoms with Crippen molar-refractivity contribution < 1.29 is 23.9 Å². The standard InChI is InChI=1S/C25H33NO5/c1-2-3-8-30-24(29)20-4-6-21(7-5-20)26-22(27)16-31-23(28)15-25-12-17-9-18(13-25)11-19(10-17)14-25/h4-7,17-19H,2-3,8-16H2,1H3,(H,26,27). The number of anilines is 1. The number of carbonyl (C=O) groups excluding carboxylic acids is 3. The molecule has 0 aromatic heterocycles. The summed E-state index contributed by atoms with van der Waals surface area (Å²) in [5.41, 5.74) is 1.10. The third kappa shape index (κ3) is 5.46. The Kier molecular flexibility index (Phi) is 6.63. The van der Waals surface area contributed by atoms with Gasteiger partial charge in [-0.1, -0.05) is 13.3 Å². The Morgan fingerprint density at radius 2 is 1.58 bits per heavy atom. The number of carbonyl (C=O) groups is 3. The van der Waals surface area contributed by atoms with Crippen LogP contribution >= 0.6 is 0 Å². The summed E-state index contributed by atoms with van der Waals surface area (Å²) >= 11 is 0. The van der Waals surface area contributed by atoms with Crippen LogP contribution in [0.25, 0.3) is 0 Å². The van der Waals surface area contributed by atoms with Gasteiger partial charge in [0, 0.05) is 5.69 Å². The molecule has 6 nitrogen and oxygen atoms in total. The van der Waals surface area contributed by atoms with E-state index in [1.54, 1.807) is 24.3 Å². The summed E-state index contributed by atoms with van der Waals surface area (Å²) < 4.78 is 10.5. The number of ether oxygens (including phenoxy) is 2. The number of hydrogen-bond acceptors (Lipinski definition) is 5. The van der Waals surface area contributed by atoms with Crippen molar-refractivity contribution in [2.75, 3.05) is 18.5 Å². The van der Waals surface area contributed by atoms with Crippen molar-refractivity contribution in [3.63, 3.8) is 0 Å². The van der Waals surface area contributed by atoms with E-state index in [0.717, 1.165) is 49.9 Å². The average Bonchev–Trinajstić information content (AvgIpc) is 2.71. The molecule has 0 spiro atoms. The Bertz CT molecular complexity index is 780. The van der Waals surface area contributed by atoms with Gasteiger partial charge in [0.25, 0.3) is 5.91 Å². The van der Waals surface area contributed by atoms with Gasteiger partial charge in [-0.25, -0.2) is 4.79 Å². The highest BCUT2D eigenvalue weighted by Crippen LogP contribution is 2.61. The lowest BCUT2D eigenvalue weighted by Gasteiger charge is -2.56. The molecule has 4 fully saturated rings. The number of esters is 2. The molecule has 0 atom stereocenters. The van der Waals surface area contributed by atoms with Crippen LogP contribution in [-0.2, 0) is 19.1 Å². The second kappa shape index (κ2) is 9.41. The van der Waals surface area contributed by atoms with Crippen LogP contribution in [0.3, 0.4) is 0 Å². The molecule has 1 N–H and O–H groups in total. The molecule has 1 amide bonds. The predicted octanol–water partition coefficient (Wildman–Crippen LogP) is 4.73. The van der Waals surface area contributed by atoms with Crippen LogP contribution < -0.4 is 5.32 Å². The second-order valence-electron chi connectivity index (χ2n) is 9.87. The lowest BCUT2D eigenvalue weighted by Crippen LogP contribution is -2.47. The van der Waals surface area contributed by atoms with Crippen LogP contribution in [-0.4, -0.2) is 31.1 Å². The topological polar surface area (TPSA) is 81.7 Å². The van der Waals surface area contributed by atoms with E-state index < -0.39 is 0 Å². The molecule has 1 aromatic carbocycles. The summed E-state index contributed by atoms with van der Waals surface area (Å²) in [6.07, 6.45) is 9.70. The van der Waals surface area contributed by atoms with Gasteiger partial charge in [-0.2, -0.15) is 0 Å². The molecule has 0 heterocycles. The first-order chi connectivity index (χ1) is 14.9. The minimum Gasteiger partial charge on any atom is -0.462 e. The fraction of sp³-hybridized carbons (Fsp3) is 0.640. The Morgan fingerprint density at radius 3 is 2.16 bits per heavy atom. The molecular formula is C25H33NO5. The highest BCUT2D eigenvalue weighted by Gasteiger charge is 2.51. The Labute approximate surface area is 184 Å². The second-order valence-corrected chi connectivity index (χ2v) is 9.87. The van der Waals surface area contributed by atoms with Crippen LogP contribution in [0.4, 0.5) is 5.69 Å². The van der Waals surface area contributed by atoms with Crippen LogP contribution in [0.1, 0.15) is 75.1 Å². The van der Waals surface area contributed by atoms with Crippen LogP contribution in [0.2, 0.25) is 0 Å². The lowest BCUT2D eigenvalue weighted by molar-refractivity contribution is -0.154. The monoisotopic (exact) mass is 427 g/mol. The van der Waals surface area contributed by atoms with E-state index in [-0.39, 0.29) is 29.9 Å². The van der Waals surface area contributed by atoms with Gasteiger partial charge in [-0.3, -0.25) is 9.59 Å². The molecule has 0 aliphatic heterocycles. The first-order valence-electron chi connectivity index (χ1n) is 11.7. The summed E-state index contributed by atoms with van der Waals surface area (Å²) in [7, 11) is 0. The van der Waals surface area contributed by atoms with Gasteiger partial charge in [-0.15, -0.1) is 0 Å². The first kappa shape index (κ1) is 21.8. The summed E-state index contributed by atoms with van der Waals surface area (Å²) in [5.74, 6) is 1.35. The van der Waals surface area contributed by atoms with Crippen molar-refractivity contribution in [3.8, 4) is 0 Å². The molecule has 168 valence electrons. The molecule has 4 saturated carbocycles. The molecule has 0 saturated heterocycles. The largest absolute Gasteiger partial charge is 0.462 e. The minimum absolute atomic E-state index is 0.115. The van der Waals surface area contributed by atoms with Crippen molar-refractivity contribution in [1.82, 2.24) is 0 Å². The van der Waals surface area contributed by atoms with E-state index in [9.17, 15) is 14.4 Å². The van der Waals surface area contributed by atoms with E-state index in [2.05, 4.69) is 5.32 Å². The molecule has 1 aromatic rings. The van der Waals surface area contributed by atoms with Gasteiger partial charge in [-0.05, 0) is 92.4 Å². The number of rotatable bonds is 9. The summed E-state index contributed by atoms with van der Waals surface area (Å²) in [5, 5.41) is 2.71. The van der Waals surface area contributed by atoms with Crippen molar-refractivity contribution in [3.05, 3.63) is 29.8 Å². The molecule has 5 rings (SSSR count). The first-order valence-corrected chi connectivity index (χ1v) is 11.7. The van der Waals surface area contributed by atoms with E-state index in [4.69, 9.17) is 9.47 Å². The maximum atomic E-state index is 12.5. The molecule has 4 aliphatic rings. The Balaban J connectivity index is 1.20. The van der Waals surface area contributed by atoms with E-state index >= 15 is 0 Å². The molecule has 6 heteroatoms. The fourth-order valence-corrected chi connectivity index (χ4v) is 6.29. The number of hydrogen-bond donors (Lipinski definition) is 1. The molecule has 4 bridgehead atoms. The van der Waals surface area contributed by atoms with E-state index in [0.29, 0.717) is 24.3 Å². The maximum Gasteiger partial charge on any atom is 0.338 e. The van der Waals surface area contributed by atoms with Crippen LogP contribution in [0.5, 0.6) is 0 Å². The van der Waals surface area contributed by atoms with Gasteiger partial charge in [0.05, 0.1) is 18.6 Å². The lowest BCUT2D eigenvalue weighted by atomic mass is 9.49. The Morgan fingerprint density at radius 1 is 0.968 bits per heavy atom. The van der Waals surface area contributed by atoms with E-state index in [1.165, 1.54) is 19.3 Å². The van der Waals surface area contributed by atoms with Gasteiger partial charge in [0.2, 0.25) is 0 Å². The highest BCUT2D eigenvalue weighted by atomic mass is 16.5. The SMILES string of the molecule is CCCCOC(=O)c1ccc(NC(=O)COC(=O)CC23CC4CC(CC(C4)C2)C3)cc1. The quantitative estimate of drug-likeness (QED) is 0.455. The zero-order valence-electron chi connectivity index (χ0n) is 18.4. The average molecular weight is 428 g/mol. The third-order valence-electron chi connectivity index (χ3n) is 7.18. The maximum absolute atomic E-state index is 12.5. The number of amides is 1. The predicted molar refractivity (Wildman–Crippen MR) is 116 cm³/mol. The van der Waals surface area contributed by atoms with Gasteiger partial charge in [0.15, 0.2) is 6.61 Å². The molecule has 31 heavy (non-hydrogen) atoms. The molecule has 4 aliphatic carbocycles. The van der Waals surface area contributed by atoms with Gasteiger partial charge in [0.1, 0.15) is 0 Å². The number of unbranched alkanes of at least 4 members (excludes halogenated alkanes) is 1. The fourth-order valence-electron chi connectivity index (χ4n) is 6.29. The van der Waals surface area contributed by atoms with Gasteiger partial charge < -0.3 is 14.8 Å². The zero-order valence-corrected chi connectivity index (χ0v) is 18.4. The summed E-state index contributed by atoms with van der Waals surface area (Å²) in [6, 6.07) is 6.52. The van der Waals surface area contributed by atoms with Crippen molar-refractivity contribution in [2.24, 2.45) is 23.2 Å².